The standard InChI is InChI=1S/C18H29N3O2/c1-14-7-8-17(15(2)13-14)21(16(3)22)12-9-18(23)19-10-6-11-20(4)5/h7-8,13H,6,9-12H2,1-5H3,(H,19,23). The van der Waals surface area contributed by atoms with Crippen molar-refractivity contribution in [3.8, 4) is 0 Å². The van der Waals surface area contributed by atoms with Crippen molar-refractivity contribution < 1.29 is 9.59 Å². The van der Waals surface area contributed by atoms with Crippen molar-refractivity contribution in [2.75, 3.05) is 38.6 Å². The molecule has 128 valence electrons. The summed E-state index contributed by atoms with van der Waals surface area (Å²) >= 11 is 0. The van der Waals surface area contributed by atoms with Crippen LogP contribution >= 0.6 is 0 Å². The van der Waals surface area contributed by atoms with Crippen molar-refractivity contribution in [2.45, 2.75) is 33.6 Å². The molecule has 0 unspecified atom stereocenters. The smallest absolute Gasteiger partial charge is 0.223 e. The Morgan fingerprint density at radius 2 is 1.83 bits per heavy atom. The molecule has 5 nitrogen and oxygen atoms in total. The molecule has 1 aromatic carbocycles. The molecule has 0 aliphatic heterocycles. The van der Waals surface area contributed by atoms with E-state index in [2.05, 4.69) is 10.2 Å². The molecular weight excluding hydrogens is 290 g/mol. The Bertz CT molecular complexity index is 541. The van der Waals surface area contributed by atoms with E-state index < -0.39 is 0 Å². The molecule has 5 heteroatoms. The predicted octanol–water partition coefficient (Wildman–Crippen LogP) is 2.11. The fraction of sp³-hybridized carbons (Fsp3) is 0.556. The summed E-state index contributed by atoms with van der Waals surface area (Å²) in [6, 6.07) is 5.98. The highest BCUT2D eigenvalue weighted by molar-refractivity contribution is 5.93. The molecule has 1 aromatic rings. The molecule has 23 heavy (non-hydrogen) atoms. The van der Waals surface area contributed by atoms with E-state index in [1.54, 1.807) is 4.90 Å². The second-order valence-electron chi connectivity index (χ2n) is 6.22. The van der Waals surface area contributed by atoms with Crippen LogP contribution in [-0.4, -0.2) is 50.4 Å². The zero-order valence-corrected chi connectivity index (χ0v) is 15.0. The minimum absolute atomic E-state index is 0.0141. The van der Waals surface area contributed by atoms with Crippen molar-refractivity contribution in [1.29, 1.82) is 0 Å². The van der Waals surface area contributed by atoms with Crippen LogP contribution < -0.4 is 10.2 Å². The lowest BCUT2D eigenvalue weighted by Gasteiger charge is -2.23. The van der Waals surface area contributed by atoms with E-state index >= 15 is 0 Å². The van der Waals surface area contributed by atoms with Crippen LogP contribution in [-0.2, 0) is 9.59 Å². The first-order valence-electron chi connectivity index (χ1n) is 8.08. The summed E-state index contributed by atoms with van der Waals surface area (Å²) in [7, 11) is 4.02. The molecule has 0 saturated heterocycles. The lowest BCUT2D eigenvalue weighted by molar-refractivity contribution is -0.121. The summed E-state index contributed by atoms with van der Waals surface area (Å²) in [5, 5.41) is 2.90. The van der Waals surface area contributed by atoms with E-state index in [0.717, 1.165) is 29.8 Å². The highest BCUT2D eigenvalue weighted by Gasteiger charge is 2.15. The number of hydrogen-bond acceptors (Lipinski definition) is 3. The third kappa shape index (κ3) is 6.82. The van der Waals surface area contributed by atoms with E-state index in [4.69, 9.17) is 0 Å². The molecule has 0 saturated carbocycles. The Labute approximate surface area is 139 Å². The maximum atomic E-state index is 11.9. The second-order valence-corrected chi connectivity index (χ2v) is 6.22. The van der Waals surface area contributed by atoms with Crippen molar-refractivity contribution in [1.82, 2.24) is 10.2 Å². The van der Waals surface area contributed by atoms with E-state index in [9.17, 15) is 9.59 Å². The van der Waals surface area contributed by atoms with Gasteiger partial charge in [0.1, 0.15) is 0 Å². The maximum absolute atomic E-state index is 11.9. The Balaban J connectivity index is 2.54. The number of hydrogen-bond donors (Lipinski definition) is 1. The number of benzene rings is 1. The summed E-state index contributed by atoms with van der Waals surface area (Å²) in [5.41, 5.74) is 3.09. The van der Waals surface area contributed by atoms with E-state index in [-0.39, 0.29) is 11.8 Å². The van der Waals surface area contributed by atoms with Gasteiger partial charge in [0.25, 0.3) is 0 Å². The van der Waals surface area contributed by atoms with Gasteiger partial charge < -0.3 is 15.1 Å². The maximum Gasteiger partial charge on any atom is 0.223 e. The number of aryl methyl sites for hydroxylation is 2. The molecule has 0 aliphatic carbocycles. The average molecular weight is 319 g/mol. The second kappa shape index (κ2) is 9.30. The van der Waals surface area contributed by atoms with Gasteiger partial charge in [-0.05, 0) is 52.5 Å². The number of nitrogens with zero attached hydrogens (tertiary/aromatic N) is 2. The zero-order chi connectivity index (χ0) is 17.4. The van der Waals surface area contributed by atoms with Gasteiger partial charge in [-0.1, -0.05) is 17.7 Å². The molecule has 0 aliphatic rings. The summed E-state index contributed by atoms with van der Waals surface area (Å²) in [6.45, 7) is 7.56. The van der Waals surface area contributed by atoms with Gasteiger partial charge in [0.2, 0.25) is 11.8 Å². The molecule has 0 aromatic heterocycles. The Hall–Kier alpha value is -1.88. The lowest BCUT2D eigenvalue weighted by atomic mass is 10.1. The monoisotopic (exact) mass is 319 g/mol. The first-order valence-corrected chi connectivity index (χ1v) is 8.08. The van der Waals surface area contributed by atoms with Gasteiger partial charge in [-0.15, -0.1) is 0 Å². The van der Waals surface area contributed by atoms with Gasteiger partial charge in [0.15, 0.2) is 0 Å². The van der Waals surface area contributed by atoms with Crippen molar-refractivity contribution in [3.05, 3.63) is 29.3 Å². The molecule has 0 heterocycles. The van der Waals surface area contributed by atoms with Crippen LogP contribution in [0.2, 0.25) is 0 Å². The summed E-state index contributed by atoms with van der Waals surface area (Å²) < 4.78 is 0. The van der Waals surface area contributed by atoms with E-state index in [1.807, 2.05) is 46.1 Å². The minimum atomic E-state index is -0.0441. The SMILES string of the molecule is CC(=O)N(CCC(=O)NCCCN(C)C)c1ccc(C)cc1C. The van der Waals surface area contributed by atoms with Crippen LogP contribution in [0.1, 0.15) is 30.9 Å². The normalized spacial score (nSPS) is 10.7. The van der Waals surface area contributed by atoms with E-state index in [1.165, 1.54) is 6.92 Å². The first-order chi connectivity index (χ1) is 10.8. The van der Waals surface area contributed by atoms with Gasteiger partial charge in [0, 0.05) is 32.1 Å². The van der Waals surface area contributed by atoms with Crippen molar-refractivity contribution in [2.24, 2.45) is 0 Å². The minimum Gasteiger partial charge on any atom is -0.356 e. The third-order valence-electron chi connectivity index (χ3n) is 3.69. The topological polar surface area (TPSA) is 52.7 Å². The molecule has 0 atom stereocenters. The fourth-order valence-electron chi connectivity index (χ4n) is 2.48. The summed E-state index contributed by atoms with van der Waals surface area (Å²) in [4.78, 5) is 27.6. The number of carbonyl (C=O) groups is 2. The van der Waals surface area contributed by atoms with Gasteiger partial charge in [-0.25, -0.2) is 0 Å². The number of anilines is 1. The molecule has 0 bridgehead atoms. The molecule has 0 fully saturated rings. The van der Waals surface area contributed by atoms with Crippen LogP contribution in [0.3, 0.4) is 0 Å². The van der Waals surface area contributed by atoms with Gasteiger partial charge in [0.05, 0.1) is 0 Å². The largest absolute Gasteiger partial charge is 0.356 e. The average Bonchev–Trinajstić information content (AvgIpc) is 2.45. The summed E-state index contributed by atoms with van der Waals surface area (Å²) in [5.74, 6) is -0.0582. The van der Waals surface area contributed by atoms with Gasteiger partial charge in [-0.2, -0.15) is 0 Å². The molecule has 1 rings (SSSR count). The Morgan fingerprint density at radius 1 is 1.13 bits per heavy atom. The lowest BCUT2D eigenvalue weighted by Crippen LogP contribution is -2.35. The summed E-state index contributed by atoms with van der Waals surface area (Å²) in [6.07, 6.45) is 1.24. The van der Waals surface area contributed by atoms with Crippen LogP contribution in [0.25, 0.3) is 0 Å². The number of rotatable bonds is 8. The fourth-order valence-corrected chi connectivity index (χ4v) is 2.48. The van der Waals surface area contributed by atoms with Crippen molar-refractivity contribution in [3.63, 3.8) is 0 Å². The number of amides is 2. The Morgan fingerprint density at radius 3 is 2.39 bits per heavy atom. The van der Waals surface area contributed by atoms with Gasteiger partial charge in [-0.3, -0.25) is 9.59 Å². The molecule has 1 N–H and O–H groups in total. The molecule has 0 spiro atoms. The van der Waals surface area contributed by atoms with Crippen molar-refractivity contribution >= 4 is 17.5 Å². The van der Waals surface area contributed by atoms with E-state index in [0.29, 0.717) is 19.5 Å². The van der Waals surface area contributed by atoms with Gasteiger partial charge >= 0.3 is 0 Å². The highest BCUT2D eigenvalue weighted by Crippen LogP contribution is 2.21. The number of carbonyl (C=O) groups excluding carboxylic acids is 2. The molecule has 2 amide bonds. The highest BCUT2D eigenvalue weighted by atomic mass is 16.2. The molecular formula is C18H29N3O2. The third-order valence-corrected chi connectivity index (χ3v) is 3.69. The van der Waals surface area contributed by atoms with Crippen LogP contribution in [0, 0.1) is 13.8 Å². The Kier molecular flexibility index (Phi) is 7.75. The number of nitrogens with one attached hydrogen (secondary N) is 1. The zero-order valence-electron chi connectivity index (χ0n) is 15.0. The van der Waals surface area contributed by atoms with Crippen LogP contribution in [0.4, 0.5) is 5.69 Å². The van der Waals surface area contributed by atoms with Crippen LogP contribution in [0.5, 0.6) is 0 Å². The van der Waals surface area contributed by atoms with Crippen LogP contribution in [0.15, 0.2) is 18.2 Å². The predicted molar refractivity (Wildman–Crippen MR) is 94.7 cm³/mol. The molecule has 0 radical (unpaired) electrons. The quantitative estimate of drug-likeness (QED) is 0.747. The first kappa shape index (κ1) is 19.2.